The molecule has 1 aliphatic heterocycles. The molecule has 0 aliphatic carbocycles. The van der Waals surface area contributed by atoms with Gasteiger partial charge in [0, 0.05) is 19.1 Å². The Balaban J connectivity index is 2.09. The summed E-state index contributed by atoms with van der Waals surface area (Å²) in [6, 6.07) is 1.34. The molecule has 1 unspecified atom stereocenters. The fourth-order valence-electron chi connectivity index (χ4n) is 2.47. The number of halogens is 1. The highest BCUT2D eigenvalue weighted by molar-refractivity contribution is 5.98. The Morgan fingerprint density at radius 1 is 1.60 bits per heavy atom. The molecule has 1 amide bonds. The second-order valence-electron chi connectivity index (χ2n) is 5.15. The molecule has 2 rings (SSSR count). The number of piperidine rings is 1. The van der Waals surface area contributed by atoms with Crippen LogP contribution >= 0.6 is 0 Å². The Morgan fingerprint density at radius 2 is 2.40 bits per heavy atom. The van der Waals surface area contributed by atoms with Crippen molar-refractivity contribution in [3.8, 4) is 0 Å². The van der Waals surface area contributed by atoms with Crippen LogP contribution in [0.4, 0.5) is 10.2 Å². The van der Waals surface area contributed by atoms with E-state index in [1.165, 1.54) is 6.07 Å². The average Bonchev–Trinajstić information content (AvgIpc) is 2.41. The van der Waals surface area contributed by atoms with Crippen LogP contribution in [-0.2, 0) is 0 Å². The summed E-state index contributed by atoms with van der Waals surface area (Å²) in [6.07, 6.45) is 3.13. The number of nitrogens with one attached hydrogen (secondary N) is 2. The SMILES string of the molecule is CCNc1ncc(F)cc1C(=O)NC1CCCN(C)C1. The topological polar surface area (TPSA) is 57.3 Å². The Labute approximate surface area is 118 Å². The van der Waals surface area contributed by atoms with E-state index in [0.717, 1.165) is 32.1 Å². The highest BCUT2D eigenvalue weighted by Crippen LogP contribution is 2.15. The molecular formula is C14H21FN4O. The molecule has 0 bridgehead atoms. The van der Waals surface area contributed by atoms with Crippen LogP contribution in [0.5, 0.6) is 0 Å². The number of carbonyl (C=O) groups is 1. The fourth-order valence-corrected chi connectivity index (χ4v) is 2.47. The van der Waals surface area contributed by atoms with E-state index in [-0.39, 0.29) is 17.5 Å². The van der Waals surface area contributed by atoms with E-state index < -0.39 is 5.82 Å². The molecule has 1 aromatic rings. The van der Waals surface area contributed by atoms with Crippen LogP contribution in [0.1, 0.15) is 30.1 Å². The number of anilines is 1. The molecule has 0 aromatic carbocycles. The highest BCUT2D eigenvalue weighted by atomic mass is 19.1. The van der Waals surface area contributed by atoms with Crippen molar-refractivity contribution in [2.45, 2.75) is 25.8 Å². The molecule has 6 heteroatoms. The van der Waals surface area contributed by atoms with Crippen molar-refractivity contribution < 1.29 is 9.18 Å². The summed E-state index contributed by atoms with van der Waals surface area (Å²) in [4.78, 5) is 18.4. The van der Waals surface area contributed by atoms with Crippen molar-refractivity contribution in [1.29, 1.82) is 0 Å². The number of amides is 1. The first-order valence-electron chi connectivity index (χ1n) is 6.99. The van der Waals surface area contributed by atoms with Crippen molar-refractivity contribution in [3.63, 3.8) is 0 Å². The van der Waals surface area contributed by atoms with E-state index in [0.29, 0.717) is 12.4 Å². The molecule has 2 N–H and O–H groups in total. The minimum atomic E-state index is -0.502. The van der Waals surface area contributed by atoms with Crippen molar-refractivity contribution in [3.05, 3.63) is 23.6 Å². The molecule has 1 atom stereocenters. The lowest BCUT2D eigenvalue weighted by atomic mass is 10.1. The average molecular weight is 280 g/mol. The normalized spacial score (nSPS) is 19.6. The van der Waals surface area contributed by atoms with Crippen LogP contribution in [0.3, 0.4) is 0 Å². The molecule has 0 spiro atoms. The Kier molecular flexibility index (Phi) is 4.89. The third-order valence-corrected chi connectivity index (χ3v) is 3.40. The first-order valence-corrected chi connectivity index (χ1v) is 6.99. The number of carbonyl (C=O) groups excluding carboxylic acids is 1. The van der Waals surface area contributed by atoms with E-state index in [9.17, 15) is 9.18 Å². The minimum Gasteiger partial charge on any atom is -0.370 e. The molecule has 1 aliphatic rings. The maximum atomic E-state index is 13.3. The molecular weight excluding hydrogens is 259 g/mol. The molecule has 0 saturated carbocycles. The summed E-state index contributed by atoms with van der Waals surface area (Å²) in [5.74, 6) is -0.346. The smallest absolute Gasteiger partial charge is 0.255 e. The van der Waals surface area contributed by atoms with Crippen molar-refractivity contribution in [1.82, 2.24) is 15.2 Å². The van der Waals surface area contributed by atoms with Crippen LogP contribution in [0.15, 0.2) is 12.3 Å². The third kappa shape index (κ3) is 3.66. The predicted octanol–water partition coefficient (Wildman–Crippen LogP) is 1.48. The van der Waals surface area contributed by atoms with Gasteiger partial charge in [0.1, 0.15) is 11.6 Å². The summed E-state index contributed by atoms with van der Waals surface area (Å²) >= 11 is 0. The van der Waals surface area contributed by atoms with Gasteiger partial charge in [0.25, 0.3) is 5.91 Å². The summed E-state index contributed by atoms with van der Waals surface area (Å²) in [6.45, 7) is 4.41. The highest BCUT2D eigenvalue weighted by Gasteiger charge is 2.21. The zero-order chi connectivity index (χ0) is 14.5. The van der Waals surface area contributed by atoms with Gasteiger partial charge in [-0.3, -0.25) is 4.79 Å². The Morgan fingerprint density at radius 3 is 3.10 bits per heavy atom. The van der Waals surface area contributed by atoms with Gasteiger partial charge in [0.15, 0.2) is 0 Å². The zero-order valence-electron chi connectivity index (χ0n) is 11.9. The van der Waals surface area contributed by atoms with E-state index in [2.05, 4.69) is 20.5 Å². The number of rotatable bonds is 4. The van der Waals surface area contributed by atoms with Gasteiger partial charge in [-0.05, 0) is 39.4 Å². The van der Waals surface area contributed by atoms with Crippen molar-refractivity contribution >= 4 is 11.7 Å². The second kappa shape index (κ2) is 6.65. The predicted molar refractivity (Wildman–Crippen MR) is 76.3 cm³/mol. The second-order valence-corrected chi connectivity index (χ2v) is 5.15. The van der Waals surface area contributed by atoms with E-state index in [1.807, 2.05) is 14.0 Å². The largest absolute Gasteiger partial charge is 0.370 e. The lowest BCUT2D eigenvalue weighted by molar-refractivity contribution is 0.0912. The fraction of sp³-hybridized carbons (Fsp3) is 0.571. The molecule has 0 radical (unpaired) electrons. The number of likely N-dealkylation sites (N-methyl/N-ethyl adjacent to an activating group) is 1. The van der Waals surface area contributed by atoms with Gasteiger partial charge in [-0.25, -0.2) is 9.37 Å². The first-order chi connectivity index (χ1) is 9.60. The van der Waals surface area contributed by atoms with Gasteiger partial charge in [-0.15, -0.1) is 0 Å². The molecule has 1 saturated heterocycles. The Bertz CT molecular complexity index is 480. The number of pyridine rings is 1. The lowest BCUT2D eigenvalue weighted by Gasteiger charge is -2.30. The molecule has 5 nitrogen and oxygen atoms in total. The summed E-state index contributed by atoms with van der Waals surface area (Å²) in [5.41, 5.74) is 0.264. The van der Waals surface area contributed by atoms with Gasteiger partial charge in [-0.2, -0.15) is 0 Å². The lowest BCUT2D eigenvalue weighted by Crippen LogP contribution is -2.46. The quantitative estimate of drug-likeness (QED) is 0.877. The van der Waals surface area contributed by atoms with Crippen LogP contribution in [0, 0.1) is 5.82 Å². The number of nitrogens with zero attached hydrogens (tertiary/aromatic N) is 2. The van der Waals surface area contributed by atoms with Crippen LogP contribution in [0.2, 0.25) is 0 Å². The molecule has 20 heavy (non-hydrogen) atoms. The van der Waals surface area contributed by atoms with E-state index in [1.54, 1.807) is 0 Å². The first kappa shape index (κ1) is 14.7. The summed E-state index contributed by atoms with van der Waals surface area (Å²) in [7, 11) is 2.03. The summed E-state index contributed by atoms with van der Waals surface area (Å²) < 4.78 is 13.3. The van der Waals surface area contributed by atoms with Crippen LogP contribution in [-0.4, -0.2) is 48.5 Å². The molecule has 1 fully saturated rings. The third-order valence-electron chi connectivity index (χ3n) is 3.40. The number of aromatic nitrogens is 1. The zero-order valence-corrected chi connectivity index (χ0v) is 11.9. The number of hydrogen-bond donors (Lipinski definition) is 2. The summed E-state index contributed by atoms with van der Waals surface area (Å²) in [5, 5.41) is 5.95. The van der Waals surface area contributed by atoms with Gasteiger partial charge >= 0.3 is 0 Å². The van der Waals surface area contributed by atoms with Gasteiger partial charge < -0.3 is 15.5 Å². The van der Waals surface area contributed by atoms with Crippen LogP contribution in [0.25, 0.3) is 0 Å². The van der Waals surface area contributed by atoms with Crippen molar-refractivity contribution in [2.75, 3.05) is 32.0 Å². The molecule has 2 heterocycles. The maximum absolute atomic E-state index is 13.3. The van der Waals surface area contributed by atoms with Gasteiger partial charge in [-0.1, -0.05) is 0 Å². The minimum absolute atomic E-state index is 0.110. The number of likely N-dealkylation sites (tertiary alicyclic amines) is 1. The molecule has 1 aromatic heterocycles. The Hall–Kier alpha value is -1.69. The van der Waals surface area contributed by atoms with E-state index in [4.69, 9.17) is 0 Å². The standard InChI is InChI=1S/C14H21FN4O/c1-3-16-13-12(7-10(15)8-17-13)14(20)18-11-5-4-6-19(2)9-11/h7-8,11H,3-6,9H2,1-2H3,(H,16,17)(H,18,20). The van der Waals surface area contributed by atoms with Crippen LogP contribution < -0.4 is 10.6 Å². The van der Waals surface area contributed by atoms with E-state index >= 15 is 0 Å². The van der Waals surface area contributed by atoms with Gasteiger partial charge in [0.2, 0.25) is 0 Å². The molecule has 110 valence electrons. The monoisotopic (exact) mass is 280 g/mol. The van der Waals surface area contributed by atoms with Crippen molar-refractivity contribution in [2.24, 2.45) is 0 Å². The number of hydrogen-bond acceptors (Lipinski definition) is 4. The maximum Gasteiger partial charge on any atom is 0.255 e. The van der Waals surface area contributed by atoms with Gasteiger partial charge in [0.05, 0.1) is 11.8 Å².